The van der Waals surface area contributed by atoms with Crippen LogP contribution in [0.2, 0.25) is 0 Å². The molecule has 7 nitrogen and oxygen atoms in total. The molecule has 7 heteroatoms. The van der Waals surface area contributed by atoms with Crippen molar-refractivity contribution in [2.75, 3.05) is 5.73 Å². The van der Waals surface area contributed by atoms with Crippen LogP contribution in [0.1, 0.15) is 24.6 Å². The highest BCUT2D eigenvalue weighted by Crippen LogP contribution is 2.38. The zero-order chi connectivity index (χ0) is 10.4. The van der Waals surface area contributed by atoms with Crippen LogP contribution in [-0.2, 0) is 7.05 Å². The minimum atomic E-state index is 0.243. The molecule has 2 heterocycles. The Labute approximate surface area is 85.2 Å². The first-order chi connectivity index (χ1) is 7.25. The van der Waals surface area contributed by atoms with Gasteiger partial charge in [-0.25, -0.2) is 14.3 Å². The van der Waals surface area contributed by atoms with Crippen molar-refractivity contribution in [1.29, 1.82) is 0 Å². The van der Waals surface area contributed by atoms with E-state index in [1.165, 1.54) is 0 Å². The lowest BCUT2D eigenvalue weighted by atomic mass is 10.4. The summed E-state index contributed by atoms with van der Waals surface area (Å²) in [5.74, 6) is 2.21. The molecule has 0 spiro atoms. The molecule has 1 aliphatic carbocycles. The molecule has 1 fully saturated rings. The summed E-state index contributed by atoms with van der Waals surface area (Å²) in [6.45, 7) is 0. The van der Waals surface area contributed by atoms with E-state index in [4.69, 9.17) is 5.73 Å². The average molecular weight is 206 g/mol. The number of hydrogen-bond donors (Lipinski definition) is 1. The molecule has 2 aromatic heterocycles. The van der Waals surface area contributed by atoms with Crippen LogP contribution in [0.3, 0.4) is 0 Å². The number of anilines is 1. The van der Waals surface area contributed by atoms with Gasteiger partial charge in [0.15, 0.2) is 23.2 Å². The van der Waals surface area contributed by atoms with Crippen LogP contribution in [0.25, 0.3) is 11.5 Å². The number of nitrogens with zero attached hydrogens (tertiary/aromatic N) is 5. The van der Waals surface area contributed by atoms with Crippen LogP contribution < -0.4 is 5.73 Å². The normalized spacial score (nSPS) is 15.8. The molecule has 0 radical (unpaired) electrons. The Morgan fingerprint density at radius 1 is 1.40 bits per heavy atom. The maximum Gasteiger partial charge on any atom is 0.199 e. The third-order valence-corrected chi connectivity index (χ3v) is 2.45. The Bertz CT molecular complexity index is 497. The Balaban J connectivity index is 2.07. The first-order valence-corrected chi connectivity index (χ1v) is 4.75. The highest BCUT2D eigenvalue weighted by Gasteiger charge is 2.29. The summed E-state index contributed by atoms with van der Waals surface area (Å²) in [5.41, 5.74) is 6.05. The first-order valence-electron chi connectivity index (χ1n) is 4.75. The molecule has 15 heavy (non-hydrogen) atoms. The fourth-order valence-electron chi connectivity index (χ4n) is 1.48. The van der Waals surface area contributed by atoms with Crippen molar-refractivity contribution in [1.82, 2.24) is 25.1 Å². The maximum atomic E-state index is 5.59. The largest absolute Gasteiger partial charge is 0.379 e. The van der Waals surface area contributed by atoms with Crippen molar-refractivity contribution in [3.8, 4) is 11.5 Å². The van der Waals surface area contributed by atoms with Gasteiger partial charge in [0.05, 0.1) is 0 Å². The Morgan fingerprint density at radius 3 is 2.80 bits per heavy atom. The van der Waals surface area contributed by atoms with E-state index in [0.29, 0.717) is 17.4 Å². The van der Waals surface area contributed by atoms with Crippen LogP contribution in [0.15, 0.2) is 4.63 Å². The summed E-state index contributed by atoms with van der Waals surface area (Å²) in [7, 11) is 1.81. The second kappa shape index (κ2) is 2.78. The topological polar surface area (TPSA) is 95.6 Å². The summed E-state index contributed by atoms with van der Waals surface area (Å²) < 4.78 is 6.19. The predicted octanol–water partition coefficient (Wildman–Crippen LogP) is 0.325. The SMILES string of the molecule is Cn1nc(C2CC2)nc1-c1nonc1N. The Morgan fingerprint density at radius 2 is 2.20 bits per heavy atom. The van der Waals surface area contributed by atoms with E-state index in [2.05, 4.69) is 25.0 Å². The number of nitrogen functional groups attached to an aromatic ring is 1. The number of rotatable bonds is 2. The molecule has 3 rings (SSSR count). The number of aryl methyl sites for hydroxylation is 1. The molecule has 0 atom stereocenters. The predicted molar refractivity (Wildman–Crippen MR) is 50.7 cm³/mol. The minimum absolute atomic E-state index is 0.243. The lowest BCUT2D eigenvalue weighted by molar-refractivity contribution is 0.310. The van der Waals surface area contributed by atoms with Crippen LogP contribution >= 0.6 is 0 Å². The fourth-order valence-corrected chi connectivity index (χ4v) is 1.48. The lowest BCUT2D eigenvalue weighted by Gasteiger charge is -1.92. The third-order valence-electron chi connectivity index (χ3n) is 2.45. The van der Waals surface area contributed by atoms with Gasteiger partial charge in [0.25, 0.3) is 0 Å². The van der Waals surface area contributed by atoms with Gasteiger partial charge in [0, 0.05) is 13.0 Å². The number of aromatic nitrogens is 5. The van der Waals surface area contributed by atoms with E-state index in [1.807, 2.05) is 7.05 Å². The highest BCUT2D eigenvalue weighted by molar-refractivity contribution is 5.62. The number of hydrogen-bond acceptors (Lipinski definition) is 6. The van der Waals surface area contributed by atoms with Crippen molar-refractivity contribution in [2.24, 2.45) is 7.05 Å². The van der Waals surface area contributed by atoms with Gasteiger partial charge in [0.2, 0.25) is 0 Å². The molecule has 0 bridgehead atoms. The fraction of sp³-hybridized carbons (Fsp3) is 0.500. The van der Waals surface area contributed by atoms with Crippen LogP contribution in [-0.4, -0.2) is 25.1 Å². The molecule has 2 N–H and O–H groups in total. The summed E-state index contributed by atoms with van der Waals surface area (Å²) in [6.07, 6.45) is 2.33. The van der Waals surface area contributed by atoms with Crippen molar-refractivity contribution in [2.45, 2.75) is 18.8 Å². The number of nitrogens with two attached hydrogens (primary N) is 1. The Hall–Kier alpha value is -1.92. The quantitative estimate of drug-likeness (QED) is 0.760. The summed E-state index contributed by atoms with van der Waals surface area (Å²) in [6, 6.07) is 0. The minimum Gasteiger partial charge on any atom is -0.379 e. The lowest BCUT2D eigenvalue weighted by Crippen LogP contribution is -1.97. The average Bonchev–Trinajstić information content (AvgIpc) is 2.87. The molecule has 1 saturated carbocycles. The van der Waals surface area contributed by atoms with Crippen LogP contribution in [0.4, 0.5) is 5.82 Å². The van der Waals surface area contributed by atoms with Gasteiger partial charge in [-0.15, -0.1) is 0 Å². The summed E-state index contributed by atoms with van der Waals surface area (Å²) >= 11 is 0. The molecule has 0 aromatic carbocycles. The van der Waals surface area contributed by atoms with Gasteiger partial charge in [-0.3, -0.25) is 0 Å². The van der Waals surface area contributed by atoms with E-state index >= 15 is 0 Å². The molecule has 1 aliphatic rings. The van der Waals surface area contributed by atoms with Gasteiger partial charge in [-0.2, -0.15) is 5.10 Å². The smallest absolute Gasteiger partial charge is 0.199 e. The molecule has 2 aromatic rings. The van der Waals surface area contributed by atoms with Gasteiger partial charge in [-0.05, 0) is 23.2 Å². The van der Waals surface area contributed by atoms with Crippen molar-refractivity contribution >= 4 is 5.82 Å². The van der Waals surface area contributed by atoms with Gasteiger partial charge >= 0.3 is 0 Å². The van der Waals surface area contributed by atoms with E-state index in [-0.39, 0.29) is 5.82 Å². The van der Waals surface area contributed by atoms with Crippen LogP contribution in [0.5, 0.6) is 0 Å². The molecular formula is C8H10N6O. The van der Waals surface area contributed by atoms with Crippen molar-refractivity contribution in [3.05, 3.63) is 5.82 Å². The van der Waals surface area contributed by atoms with Gasteiger partial charge in [-0.1, -0.05) is 0 Å². The summed E-state index contributed by atoms with van der Waals surface area (Å²) in [5, 5.41) is 11.5. The Kier molecular flexibility index (Phi) is 1.56. The van der Waals surface area contributed by atoms with E-state index in [9.17, 15) is 0 Å². The van der Waals surface area contributed by atoms with Crippen molar-refractivity contribution < 1.29 is 4.63 Å². The molecular weight excluding hydrogens is 196 g/mol. The second-order valence-electron chi connectivity index (χ2n) is 3.69. The standard InChI is InChI=1S/C8H10N6O/c1-14-8(5-6(9)13-15-12-5)10-7(11-14)4-2-3-4/h4H,2-3H2,1H3,(H2,9,13). The van der Waals surface area contributed by atoms with Gasteiger partial charge in [0.1, 0.15) is 0 Å². The molecule has 0 saturated heterocycles. The van der Waals surface area contributed by atoms with Crippen LogP contribution in [0, 0.1) is 0 Å². The molecule has 0 amide bonds. The maximum absolute atomic E-state index is 5.59. The van der Waals surface area contributed by atoms with Crippen molar-refractivity contribution in [3.63, 3.8) is 0 Å². The molecule has 0 aliphatic heterocycles. The second-order valence-corrected chi connectivity index (χ2v) is 3.69. The third kappa shape index (κ3) is 1.27. The van der Waals surface area contributed by atoms with Gasteiger partial charge < -0.3 is 5.73 Å². The summed E-state index contributed by atoms with van der Waals surface area (Å²) in [4.78, 5) is 4.38. The first kappa shape index (κ1) is 8.39. The van der Waals surface area contributed by atoms with E-state index in [0.717, 1.165) is 18.7 Å². The molecule has 0 unspecified atom stereocenters. The highest BCUT2D eigenvalue weighted by atomic mass is 16.6. The molecule has 78 valence electrons. The zero-order valence-corrected chi connectivity index (χ0v) is 8.21. The van der Waals surface area contributed by atoms with E-state index in [1.54, 1.807) is 4.68 Å². The van der Waals surface area contributed by atoms with E-state index < -0.39 is 0 Å². The zero-order valence-electron chi connectivity index (χ0n) is 8.21. The monoisotopic (exact) mass is 206 g/mol.